The van der Waals surface area contributed by atoms with Crippen molar-refractivity contribution in [3.05, 3.63) is 29.5 Å². The first kappa shape index (κ1) is 11.1. The van der Waals surface area contributed by atoms with Crippen LogP contribution in [0.4, 0.5) is 0 Å². The minimum absolute atomic E-state index is 0.00681. The third kappa shape index (κ3) is 1.53. The number of aromatic amines is 1. The lowest BCUT2D eigenvalue weighted by Gasteiger charge is -2.34. The number of aromatic nitrogens is 1. The van der Waals surface area contributed by atoms with Gasteiger partial charge in [-0.05, 0) is 30.5 Å². The lowest BCUT2D eigenvalue weighted by Crippen LogP contribution is -2.48. The van der Waals surface area contributed by atoms with Gasteiger partial charge in [-0.1, -0.05) is 0 Å². The predicted molar refractivity (Wildman–Crippen MR) is 72.5 cm³/mol. The SMILES string of the molecule is COc1ccc2c3c([nH]c2c1)[C@@H]1CCC(=O)[C@H](C3)N1. The van der Waals surface area contributed by atoms with Gasteiger partial charge in [0.1, 0.15) is 11.5 Å². The van der Waals surface area contributed by atoms with E-state index in [1.54, 1.807) is 7.11 Å². The quantitative estimate of drug-likeness (QED) is 0.821. The van der Waals surface area contributed by atoms with E-state index in [-0.39, 0.29) is 6.04 Å². The second-order valence-corrected chi connectivity index (χ2v) is 5.41. The number of hydrogen-bond acceptors (Lipinski definition) is 3. The van der Waals surface area contributed by atoms with Gasteiger partial charge in [-0.15, -0.1) is 0 Å². The smallest absolute Gasteiger partial charge is 0.150 e. The van der Waals surface area contributed by atoms with Gasteiger partial charge < -0.3 is 9.72 Å². The highest BCUT2D eigenvalue weighted by molar-refractivity contribution is 5.90. The second kappa shape index (κ2) is 3.84. The van der Waals surface area contributed by atoms with Gasteiger partial charge in [0, 0.05) is 35.1 Å². The molecule has 0 saturated carbocycles. The zero-order chi connectivity index (χ0) is 13.0. The summed E-state index contributed by atoms with van der Waals surface area (Å²) in [5.41, 5.74) is 3.66. The lowest BCUT2D eigenvalue weighted by molar-refractivity contribution is -0.123. The Morgan fingerprint density at radius 3 is 3.05 bits per heavy atom. The molecule has 2 aliphatic heterocycles. The zero-order valence-corrected chi connectivity index (χ0v) is 10.8. The van der Waals surface area contributed by atoms with Crippen LogP contribution in [-0.2, 0) is 11.2 Å². The number of benzene rings is 1. The summed E-state index contributed by atoms with van der Waals surface area (Å²) in [5, 5.41) is 4.66. The average molecular weight is 256 g/mol. The van der Waals surface area contributed by atoms with Crippen molar-refractivity contribution in [2.45, 2.75) is 31.3 Å². The molecular formula is C15H16N2O2. The number of rotatable bonds is 1. The van der Waals surface area contributed by atoms with Crippen LogP contribution in [0.15, 0.2) is 18.2 Å². The molecule has 2 bridgehead atoms. The fourth-order valence-electron chi connectivity index (χ4n) is 3.38. The minimum Gasteiger partial charge on any atom is -0.497 e. The van der Waals surface area contributed by atoms with Crippen molar-refractivity contribution < 1.29 is 9.53 Å². The number of piperidine rings is 1. The molecule has 0 spiro atoms. The molecule has 2 aliphatic rings. The molecule has 0 aliphatic carbocycles. The predicted octanol–water partition coefficient (Wildman–Crippen LogP) is 2.09. The molecule has 98 valence electrons. The fraction of sp³-hybridized carbons (Fsp3) is 0.400. The van der Waals surface area contributed by atoms with Crippen LogP contribution >= 0.6 is 0 Å². The van der Waals surface area contributed by atoms with E-state index in [1.165, 1.54) is 16.6 Å². The zero-order valence-electron chi connectivity index (χ0n) is 10.8. The molecule has 1 aromatic heterocycles. The van der Waals surface area contributed by atoms with Crippen LogP contribution in [0, 0.1) is 0 Å². The van der Waals surface area contributed by atoms with Crippen LogP contribution in [0.3, 0.4) is 0 Å². The summed E-state index contributed by atoms with van der Waals surface area (Å²) in [4.78, 5) is 15.4. The number of ether oxygens (including phenoxy) is 1. The number of carbonyl (C=O) groups is 1. The number of ketones is 1. The van der Waals surface area contributed by atoms with Crippen molar-refractivity contribution >= 4 is 16.7 Å². The molecule has 1 fully saturated rings. The van der Waals surface area contributed by atoms with E-state index in [2.05, 4.69) is 16.4 Å². The van der Waals surface area contributed by atoms with Gasteiger partial charge in [-0.2, -0.15) is 0 Å². The van der Waals surface area contributed by atoms with Crippen molar-refractivity contribution in [2.24, 2.45) is 0 Å². The lowest BCUT2D eigenvalue weighted by atomic mass is 9.84. The van der Waals surface area contributed by atoms with Crippen LogP contribution < -0.4 is 10.1 Å². The van der Waals surface area contributed by atoms with E-state index < -0.39 is 0 Å². The highest BCUT2D eigenvalue weighted by Crippen LogP contribution is 2.37. The molecular weight excluding hydrogens is 240 g/mol. The van der Waals surface area contributed by atoms with Crippen molar-refractivity contribution in [3.63, 3.8) is 0 Å². The second-order valence-electron chi connectivity index (χ2n) is 5.41. The largest absolute Gasteiger partial charge is 0.497 e. The summed E-state index contributed by atoms with van der Waals surface area (Å²) in [7, 11) is 1.68. The standard InChI is InChI=1S/C15H16N2O2/c1-19-8-2-3-9-10-7-13-14(18)5-4-11(16-13)15(10)17-12(9)6-8/h2-3,6,11,13,16-17H,4-5,7H2,1H3/t11-,13-/m0/s1. The maximum Gasteiger partial charge on any atom is 0.150 e. The van der Waals surface area contributed by atoms with Gasteiger partial charge in [0.05, 0.1) is 13.2 Å². The summed E-state index contributed by atoms with van der Waals surface area (Å²) >= 11 is 0. The van der Waals surface area contributed by atoms with E-state index in [0.29, 0.717) is 18.2 Å². The normalized spacial score (nSPS) is 25.4. The monoisotopic (exact) mass is 256 g/mol. The maximum atomic E-state index is 11.9. The Hall–Kier alpha value is -1.81. The Balaban J connectivity index is 1.90. The first-order valence-corrected chi connectivity index (χ1v) is 6.73. The summed E-state index contributed by atoms with van der Waals surface area (Å²) in [6.07, 6.45) is 2.39. The molecule has 2 atom stereocenters. The van der Waals surface area contributed by atoms with Crippen LogP contribution in [0.5, 0.6) is 5.75 Å². The Morgan fingerprint density at radius 2 is 2.21 bits per heavy atom. The average Bonchev–Trinajstić information content (AvgIpc) is 2.81. The maximum absolute atomic E-state index is 11.9. The Bertz CT molecular complexity index is 674. The molecule has 2 aromatic rings. The number of methoxy groups -OCH3 is 1. The van der Waals surface area contributed by atoms with Gasteiger partial charge in [0.25, 0.3) is 0 Å². The summed E-state index contributed by atoms with van der Waals surface area (Å²) < 4.78 is 5.27. The van der Waals surface area contributed by atoms with Gasteiger partial charge in [-0.25, -0.2) is 0 Å². The summed E-state index contributed by atoms with van der Waals surface area (Å²) in [6.45, 7) is 0. The Morgan fingerprint density at radius 1 is 1.32 bits per heavy atom. The number of H-pyrrole nitrogens is 1. The van der Waals surface area contributed by atoms with Gasteiger partial charge in [-0.3, -0.25) is 10.1 Å². The van der Waals surface area contributed by atoms with Crippen LogP contribution in [0.1, 0.15) is 30.1 Å². The number of Topliss-reactive ketones (excluding diaryl/α,β-unsaturated/α-hetero) is 1. The third-order valence-electron chi connectivity index (χ3n) is 4.37. The van der Waals surface area contributed by atoms with Crippen LogP contribution in [-0.4, -0.2) is 23.9 Å². The molecule has 1 aromatic carbocycles. The van der Waals surface area contributed by atoms with E-state index in [4.69, 9.17) is 4.74 Å². The highest BCUT2D eigenvalue weighted by Gasteiger charge is 2.36. The fourth-order valence-corrected chi connectivity index (χ4v) is 3.38. The summed E-state index contributed by atoms with van der Waals surface area (Å²) in [6, 6.07) is 6.40. The van der Waals surface area contributed by atoms with Gasteiger partial charge in [0.15, 0.2) is 0 Å². The van der Waals surface area contributed by atoms with Crippen molar-refractivity contribution in [1.29, 1.82) is 0 Å². The molecule has 3 heterocycles. The number of nitrogens with one attached hydrogen (secondary N) is 2. The number of hydrogen-bond donors (Lipinski definition) is 2. The number of fused-ring (bicyclic) bond motifs is 6. The molecule has 19 heavy (non-hydrogen) atoms. The first-order valence-electron chi connectivity index (χ1n) is 6.73. The van der Waals surface area contributed by atoms with E-state index >= 15 is 0 Å². The molecule has 0 amide bonds. The van der Waals surface area contributed by atoms with Crippen LogP contribution in [0.2, 0.25) is 0 Å². The topological polar surface area (TPSA) is 54.1 Å². The Labute approximate surface area is 111 Å². The highest BCUT2D eigenvalue weighted by atomic mass is 16.5. The van der Waals surface area contributed by atoms with E-state index in [0.717, 1.165) is 24.1 Å². The van der Waals surface area contributed by atoms with Crippen molar-refractivity contribution in [1.82, 2.24) is 10.3 Å². The van der Waals surface area contributed by atoms with Crippen LogP contribution in [0.25, 0.3) is 10.9 Å². The van der Waals surface area contributed by atoms with Gasteiger partial charge >= 0.3 is 0 Å². The summed E-state index contributed by atoms with van der Waals surface area (Å²) in [5.74, 6) is 1.21. The Kier molecular flexibility index (Phi) is 2.23. The molecule has 2 N–H and O–H groups in total. The molecule has 4 heteroatoms. The molecule has 0 unspecified atom stereocenters. The number of carbonyl (C=O) groups excluding carboxylic acids is 1. The van der Waals surface area contributed by atoms with Crippen molar-refractivity contribution in [2.75, 3.05) is 7.11 Å². The minimum atomic E-state index is 0.00681. The molecule has 4 rings (SSSR count). The molecule has 0 radical (unpaired) electrons. The molecule has 1 saturated heterocycles. The van der Waals surface area contributed by atoms with E-state index in [9.17, 15) is 4.79 Å². The van der Waals surface area contributed by atoms with E-state index in [1.807, 2.05) is 12.1 Å². The first-order chi connectivity index (χ1) is 9.26. The molecule has 4 nitrogen and oxygen atoms in total. The third-order valence-corrected chi connectivity index (χ3v) is 4.37. The van der Waals surface area contributed by atoms with Crippen molar-refractivity contribution in [3.8, 4) is 5.75 Å². The van der Waals surface area contributed by atoms with Gasteiger partial charge in [0.2, 0.25) is 0 Å².